The number of halogens is 2. The summed E-state index contributed by atoms with van der Waals surface area (Å²) in [7, 11) is 3.82. The van der Waals surface area contributed by atoms with E-state index in [-0.39, 0.29) is 18.3 Å². The largest absolute Gasteiger partial charge is 0.345 e. The third-order valence-corrected chi connectivity index (χ3v) is 3.59. The van der Waals surface area contributed by atoms with Crippen LogP contribution in [0.15, 0.2) is 12.3 Å². The van der Waals surface area contributed by atoms with Crippen LogP contribution >= 0.6 is 24.0 Å². The van der Waals surface area contributed by atoms with Crippen LogP contribution in [0.25, 0.3) is 0 Å². The molecule has 1 N–H and O–H groups in total. The molecule has 0 bridgehead atoms. The van der Waals surface area contributed by atoms with Gasteiger partial charge in [-0.3, -0.25) is 4.79 Å². The van der Waals surface area contributed by atoms with Crippen LogP contribution in [0.3, 0.4) is 0 Å². The molecule has 1 saturated heterocycles. The molecule has 1 aromatic heterocycles. The van der Waals surface area contributed by atoms with Gasteiger partial charge >= 0.3 is 0 Å². The normalized spacial score (nSPS) is 16.5. The molecule has 0 atom stereocenters. The van der Waals surface area contributed by atoms with E-state index in [1.54, 1.807) is 16.8 Å². The van der Waals surface area contributed by atoms with Gasteiger partial charge in [0.15, 0.2) is 0 Å². The van der Waals surface area contributed by atoms with Gasteiger partial charge < -0.3 is 14.8 Å². The summed E-state index contributed by atoms with van der Waals surface area (Å²) in [4.78, 5) is 14.2. The number of aromatic nitrogens is 1. The van der Waals surface area contributed by atoms with Crippen molar-refractivity contribution in [2.24, 2.45) is 7.05 Å². The lowest BCUT2D eigenvalue weighted by molar-refractivity contribution is 0.0697. The Morgan fingerprint density at radius 1 is 1.44 bits per heavy atom. The SMILES string of the molecule is CNC1CCN(C(=O)c2cc(Cl)cn2C)CC1.Cl. The molecule has 1 aromatic rings. The van der Waals surface area contributed by atoms with E-state index in [9.17, 15) is 4.79 Å². The summed E-state index contributed by atoms with van der Waals surface area (Å²) in [5.74, 6) is 0.0777. The minimum absolute atomic E-state index is 0. The minimum atomic E-state index is 0. The second kappa shape index (κ2) is 6.45. The quantitative estimate of drug-likeness (QED) is 0.904. The van der Waals surface area contributed by atoms with E-state index in [2.05, 4.69) is 5.32 Å². The van der Waals surface area contributed by atoms with Gasteiger partial charge in [-0.1, -0.05) is 11.6 Å². The van der Waals surface area contributed by atoms with Gasteiger partial charge in [-0.15, -0.1) is 12.4 Å². The van der Waals surface area contributed by atoms with Gasteiger partial charge in [0.05, 0.1) is 5.02 Å². The molecule has 0 aliphatic carbocycles. The van der Waals surface area contributed by atoms with Gasteiger partial charge in [0.25, 0.3) is 5.91 Å². The molecule has 102 valence electrons. The number of carbonyl (C=O) groups is 1. The van der Waals surface area contributed by atoms with E-state index in [1.807, 2.05) is 19.0 Å². The van der Waals surface area contributed by atoms with E-state index < -0.39 is 0 Å². The first-order valence-electron chi connectivity index (χ1n) is 5.90. The first-order valence-corrected chi connectivity index (χ1v) is 6.28. The Kier molecular flexibility index (Phi) is 5.50. The zero-order valence-electron chi connectivity index (χ0n) is 10.6. The third kappa shape index (κ3) is 3.19. The lowest BCUT2D eigenvalue weighted by Gasteiger charge is -2.31. The van der Waals surface area contributed by atoms with Crippen molar-refractivity contribution in [2.75, 3.05) is 20.1 Å². The number of aryl methyl sites for hydroxylation is 1. The number of hydrogen-bond acceptors (Lipinski definition) is 2. The second-order valence-electron chi connectivity index (χ2n) is 4.51. The Balaban J connectivity index is 0.00000162. The molecule has 0 unspecified atom stereocenters. The van der Waals surface area contributed by atoms with Crippen LogP contribution in [0.4, 0.5) is 0 Å². The Bertz CT molecular complexity index is 411. The van der Waals surface area contributed by atoms with Crippen LogP contribution < -0.4 is 5.32 Å². The number of nitrogens with one attached hydrogen (secondary N) is 1. The zero-order valence-corrected chi connectivity index (χ0v) is 12.2. The molecule has 1 aliphatic rings. The van der Waals surface area contributed by atoms with Crippen LogP contribution in [0.2, 0.25) is 5.02 Å². The topological polar surface area (TPSA) is 37.3 Å². The summed E-state index contributed by atoms with van der Waals surface area (Å²) in [6.07, 6.45) is 3.79. The van der Waals surface area contributed by atoms with Crippen molar-refractivity contribution in [3.05, 3.63) is 23.0 Å². The third-order valence-electron chi connectivity index (χ3n) is 3.38. The Hall–Kier alpha value is -0.710. The van der Waals surface area contributed by atoms with Crippen molar-refractivity contribution < 1.29 is 4.79 Å². The van der Waals surface area contributed by atoms with E-state index in [4.69, 9.17) is 11.6 Å². The van der Waals surface area contributed by atoms with Crippen molar-refractivity contribution >= 4 is 29.9 Å². The molecular weight excluding hydrogens is 273 g/mol. The summed E-state index contributed by atoms with van der Waals surface area (Å²) >= 11 is 5.89. The van der Waals surface area contributed by atoms with Gasteiger partial charge in [-0.2, -0.15) is 0 Å². The van der Waals surface area contributed by atoms with Crippen molar-refractivity contribution in [1.29, 1.82) is 0 Å². The standard InChI is InChI=1S/C12H18ClN3O.ClH/c1-14-10-3-5-16(6-4-10)12(17)11-7-9(13)8-15(11)2;/h7-8,10,14H,3-6H2,1-2H3;1H. The number of carbonyl (C=O) groups excluding carboxylic acids is 1. The lowest BCUT2D eigenvalue weighted by atomic mass is 10.1. The zero-order chi connectivity index (χ0) is 12.4. The van der Waals surface area contributed by atoms with Crippen LogP contribution in [-0.4, -0.2) is 41.6 Å². The predicted octanol–water partition coefficient (Wildman–Crippen LogP) is 1.92. The molecule has 0 spiro atoms. The van der Waals surface area contributed by atoms with E-state index in [0.717, 1.165) is 25.9 Å². The number of rotatable bonds is 2. The first-order chi connectivity index (χ1) is 8.11. The van der Waals surface area contributed by atoms with Gasteiger partial charge in [0, 0.05) is 32.4 Å². The highest BCUT2D eigenvalue weighted by Gasteiger charge is 2.24. The highest BCUT2D eigenvalue weighted by atomic mass is 35.5. The van der Waals surface area contributed by atoms with Crippen molar-refractivity contribution in [1.82, 2.24) is 14.8 Å². The average molecular weight is 292 g/mol. The number of hydrogen-bond donors (Lipinski definition) is 1. The molecule has 2 heterocycles. The number of likely N-dealkylation sites (tertiary alicyclic amines) is 1. The fraction of sp³-hybridized carbons (Fsp3) is 0.583. The van der Waals surface area contributed by atoms with Gasteiger partial charge in [0.1, 0.15) is 5.69 Å². The number of amides is 1. The molecule has 2 rings (SSSR count). The van der Waals surface area contributed by atoms with Gasteiger partial charge in [0.2, 0.25) is 0 Å². The van der Waals surface area contributed by atoms with E-state index in [1.165, 1.54) is 0 Å². The Morgan fingerprint density at radius 3 is 2.50 bits per heavy atom. The summed E-state index contributed by atoms with van der Waals surface area (Å²) in [6.45, 7) is 1.63. The van der Waals surface area contributed by atoms with Crippen molar-refractivity contribution in [3.8, 4) is 0 Å². The highest BCUT2D eigenvalue weighted by molar-refractivity contribution is 6.31. The van der Waals surface area contributed by atoms with Crippen LogP contribution in [0, 0.1) is 0 Å². The fourth-order valence-electron chi connectivity index (χ4n) is 2.27. The molecule has 1 aliphatic heterocycles. The molecule has 0 aromatic carbocycles. The maximum Gasteiger partial charge on any atom is 0.270 e. The van der Waals surface area contributed by atoms with Crippen molar-refractivity contribution in [2.45, 2.75) is 18.9 Å². The van der Waals surface area contributed by atoms with E-state index in [0.29, 0.717) is 16.8 Å². The molecule has 1 amide bonds. The van der Waals surface area contributed by atoms with Gasteiger partial charge in [-0.25, -0.2) is 0 Å². The van der Waals surface area contributed by atoms with Crippen molar-refractivity contribution in [3.63, 3.8) is 0 Å². The van der Waals surface area contributed by atoms with Crippen LogP contribution in [0.5, 0.6) is 0 Å². The monoisotopic (exact) mass is 291 g/mol. The average Bonchev–Trinajstić information content (AvgIpc) is 2.68. The summed E-state index contributed by atoms with van der Waals surface area (Å²) in [5.41, 5.74) is 0.665. The maximum absolute atomic E-state index is 12.3. The molecular formula is C12H19Cl2N3O. The first kappa shape index (κ1) is 15.3. The molecule has 6 heteroatoms. The molecule has 4 nitrogen and oxygen atoms in total. The number of nitrogens with zero attached hydrogens (tertiary/aromatic N) is 2. The highest BCUT2D eigenvalue weighted by Crippen LogP contribution is 2.17. The maximum atomic E-state index is 12.3. The molecule has 0 radical (unpaired) electrons. The fourth-order valence-corrected chi connectivity index (χ4v) is 2.52. The summed E-state index contributed by atoms with van der Waals surface area (Å²) in [6, 6.07) is 2.27. The van der Waals surface area contributed by atoms with E-state index >= 15 is 0 Å². The smallest absolute Gasteiger partial charge is 0.270 e. The predicted molar refractivity (Wildman–Crippen MR) is 75.7 cm³/mol. The summed E-state index contributed by atoms with van der Waals surface area (Å²) < 4.78 is 1.79. The molecule has 18 heavy (non-hydrogen) atoms. The Labute approximate surface area is 119 Å². The number of piperidine rings is 1. The molecule has 0 saturated carbocycles. The van der Waals surface area contributed by atoms with Crippen LogP contribution in [-0.2, 0) is 7.05 Å². The van der Waals surface area contributed by atoms with Gasteiger partial charge in [-0.05, 0) is 26.0 Å². The summed E-state index contributed by atoms with van der Waals surface area (Å²) in [5, 5.41) is 3.87. The van der Waals surface area contributed by atoms with Crippen LogP contribution in [0.1, 0.15) is 23.3 Å². The molecule has 1 fully saturated rings. The lowest BCUT2D eigenvalue weighted by Crippen LogP contribution is -2.44. The second-order valence-corrected chi connectivity index (χ2v) is 4.95. The minimum Gasteiger partial charge on any atom is -0.345 e. The Morgan fingerprint density at radius 2 is 2.06 bits per heavy atom.